The fraction of sp³-hybridized carbons (Fsp3) is 0.455. The summed E-state index contributed by atoms with van der Waals surface area (Å²) in [5.74, 6) is 0.823. The number of pyridine rings is 1. The van der Waals surface area contributed by atoms with Crippen molar-refractivity contribution in [2.75, 3.05) is 5.01 Å². The molecule has 1 aromatic heterocycles. The molecule has 4 nitrogen and oxygen atoms in total. The molecule has 2 rings (SSSR count). The van der Waals surface area contributed by atoms with Gasteiger partial charge in [0.25, 0.3) is 0 Å². The van der Waals surface area contributed by atoms with Crippen LogP contribution in [-0.4, -0.2) is 15.8 Å². The molecule has 1 aromatic rings. The van der Waals surface area contributed by atoms with E-state index in [1.54, 1.807) is 6.20 Å². The molecule has 5 heteroatoms. The number of hydrogen-bond acceptors (Lipinski definition) is 3. The summed E-state index contributed by atoms with van der Waals surface area (Å²) >= 11 is 5.32. The molecule has 2 N–H and O–H groups in total. The summed E-state index contributed by atoms with van der Waals surface area (Å²) < 4.78 is 0. The number of aromatic nitrogens is 1. The first-order chi connectivity index (χ1) is 7.71. The van der Waals surface area contributed by atoms with Crippen LogP contribution in [0.15, 0.2) is 24.4 Å². The van der Waals surface area contributed by atoms with E-state index in [1.165, 1.54) is 0 Å². The molecule has 1 aliphatic rings. The second kappa shape index (κ2) is 4.35. The van der Waals surface area contributed by atoms with Gasteiger partial charge < -0.3 is 5.32 Å². The Kier molecular flexibility index (Phi) is 3.07. The summed E-state index contributed by atoms with van der Waals surface area (Å²) in [5.41, 5.74) is 3.26. The van der Waals surface area contributed by atoms with E-state index in [2.05, 4.69) is 29.6 Å². The molecule has 0 saturated carbocycles. The Morgan fingerprint density at radius 1 is 1.38 bits per heavy atom. The van der Waals surface area contributed by atoms with Crippen molar-refractivity contribution in [3.8, 4) is 0 Å². The number of nitrogens with one attached hydrogen (secondary N) is 2. The van der Waals surface area contributed by atoms with E-state index in [1.807, 2.05) is 23.2 Å². The van der Waals surface area contributed by atoms with Gasteiger partial charge in [0.15, 0.2) is 5.11 Å². The molecule has 0 aliphatic carbocycles. The number of nitrogens with zero attached hydrogens (tertiary/aromatic N) is 2. The predicted molar refractivity (Wildman–Crippen MR) is 68.9 cm³/mol. The summed E-state index contributed by atoms with van der Waals surface area (Å²) in [6.07, 6.45) is 3.69. The second-order valence-electron chi connectivity index (χ2n) is 3.85. The maximum Gasteiger partial charge on any atom is 0.191 e. The lowest BCUT2D eigenvalue weighted by Crippen LogP contribution is -2.50. The van der Waals surface area contributed by atoms with Crippen LogP contribution in [0, 0.1) is 0 Å². The van der Waals surface area contributed by atoms with Crippen LogP contribution in [0.1, 0.15) is 26.7 Å². The third-order valence-electron chi connectivity index (χ3n) is 2.96. The molecule has 0 aromatic carbocycles. The van der Waals surface area contributed by atoms with Gasteiger partial charge in [0.05, 0.1) is 0 Å². The van der Waals surface area contributed by atoms with Crippen LogP contribution in [0.3, 0.4) is 0 Å². The zero-order valence-corrected chi connectivity index (χ0v) is 10.3. The van der Waals surface area contributed by atoms with Crippen LogP contribution in [0.25, 0.3) is 0 Å². The average Bonchev–Trinajstić information content (AvgIpc) is 2.69. The van der Waals surface area contributed by atoms with E-state index in [9.17, 15) is 0 Å². The van der Waals surface area contributed by atoms with Crippen molar-refractivity contribution in [1.29, 1.82) is 0 Å². The molecule has 1 aliphatic heterocycles. The Labute approximate surface area is 101 Å². The Bertz CT molecular complexity index is 375. The fourth-order valence-corrected chi connectivity index (χ4v) is 2.12. The first-order valence-corrected chi connectivity index (χ1v) is 5.92. The van der Waals surface area contributed by atoms with Gasteiger partial charge in [0.1, 0.15) is 11.5 Å². The summed E-state index contributed by atoms with van der Waals surface area (Å²) in [6, 6.07) is 5.77. The molecule has 0 spiro atoms. The number of hydrazine groups is 1. The van der Waals surface area contributed by atoms with Crippen molar-refractivity contribution in [3.05, 3.63) is 24.4 Å². The first-order valence-electron chi connectivity index (χ1n) is 5.52. The summed E-state index contributed by atoms with van der Waals surface area (Å²) in [5, 5.41) is 5.84. The zero-order valence-electron chi connectivity index (χ0n) is 9.53. The van der Waals surface area contributed by atoms with Gasteiger partial charge in [-0.1, -0.05) is 19.9 Å². The summed E-state index contributed by atoms with van der Waals surface area (Å²) in [7, 11) is 0. The van der Waals surface area contributed by atoms with Crippen molar-refractivity contribution in [2.24, 2.45) is 0 Å². The van der Waals surface area contributed by atoms with Crippen molar-refractivity contribution >= 4 is 23.1 Å². The molecule has 0 amide bonds. The minimum Gasteiger partial charge on any atom is -0.342 e. The molecule has 0 radical (unpaired) electrons. The average molecular weight is 236 g/mol. The third kappa shape index (κ3) is 1.88. The van der Waals surface area contributed by atoms with Crippen LogP contribution < -0.4 is 15.8 Å². The molecule has 2 heterocycles. The highest BCUT2D eigenvalue weighted by atomic mass is 32.1. The van der Waals surface area contributed by atoms with Gasteiger partial charge in [-0.05, 0) is 37.2 Å². The Balaban J connectivity index is 2.23. The predicted octanol–water partition coefficient (Wildman–Crippen LogP) is 1.80. The minimum absolute atomic E-state index is 0.130. The monoisotopic (exact) mass is 236 g/mol. The molecule has 0 bridgehead atoms. The van der Waals surface area contributed by atoms with Crippen LogP contribution >= 0.6 is 12.2 Å². The smallest absolute Gasteiger partial charge is 0.191 e. The highest BCUT2D eigenvalue weighted by Gasteiger charge is 2.37. The van der Waals surface area contributed by atoms with Gasteiger partial charge in [0, 0.05) is 6.20 Å². The van der Waals surface area contributed by atoms with Gasteiger partial charge in [-0.15, -0.1) is 0 Å². The highest BCUT2D eigenvalue weighted by Crippen LogP contribution is 2.21. The van der Waals surface area contributed by atoms with Crippen molar-refractivity contribution in [3.63, 3.8) is 0 Å². The van der Waals surface area contributed by atoms with E-state index in [-0.39, 0.29) is 5.66 Å². The van der Waals surface area contributed by atoms with E-state index in [0.29, 0.717) is 5.11 Å². The molecule has 16 heavy (non-hydrogen) atoms. The molecular weight excluding hydrogens is 220 g/mol. The number of thiocarbonyl (C=S) groups is 1. The lowest BCUT2D eigenvalue weighted by atomic mass is 10.1. The SMILES string of the molecule is CCC1(CC)NC(=S)N(c2ccccn2)N1. The second-order valence-corrected chi connectivity index (χ2v) is 4.24. The van der Waals surface area contributed by atoms with Gasteiger partial charge in [0.2, 0.25) is 0 Å². The Morgan fingerprint density at radius 2 is 2.12 bits per heavy atom. The molecule has 0 atom stereocenters. The summed E-state index contributed by atoms with van der Waals surface area (Å²) in [4.78, 5) is 4.28. The number of anilines is 1. The molecule has 86 valence electrons. The summed E-state index contributed by atoms with van der Waals surface area (Å²) in [6.45, 7) is 4.27. The maximum absolute atomic E-state index is 5.32. The van der Waals surface area contributed by atoms with E-state index >= 15 is 0 Å². The van der Waals surface area contributed by atoms with E-state index in [0.717, 1.165) is 18.7 Å². The van der Waals surface area contributed by atoms with Crippen LogP contribution in [0.4, 0.5) is 5.82 Å². The van der Waals surface area contributed by atoms with Gasteiger partial charge in [-0.3, -0.25) is 0 Å². The van der Waals surface area contributed by atoms with E-state index < -0.39 is 0 Å². The highest BCUT2D eigenvalue weighted by molar-refractivity contribution is 7.80. The maximum atomic E-state index is 5.32. The van der Waals surface area contributed by atoms with Crippen molar-refractivity contribution < 1.29 is 0 Å². The molecular formula is C11H16N4S. The lowest BCUT2D eigenvalue weighted by Gasteiger charge is -2.26. The largest absolute Gasteiger partial charge is 0.342 e. The lowest BCUT2D eigenvalue weighted by molar-refractivity contribution is 0.315. The standard InChI is InChI=1S/C11H16N4S/c1-3-11(4-2)13-10(16)15(14-11)9-7-5-6-8-12-9/h5-8,14H,3-4H2,1-2H3,(H,13,16). The fourth-order valence-electron chi connectivity index (χ4n) is 1.79. The zero-order chi connectivity index (χ0) is 11.6. The topological polar surface area (TPSA) is 40.2 Å². The van der Waals surface area contributed by atoms with E-state index in [4.69, 9.17) is 12.2 Å². The molecule has 0 unspecified atom stereocenters. The number of hydrogen-bond donors (Lipinski definition) is 2. The van der Waals surface area contributed by atoms with Gasteiger partial charge in [-0.25, -0.2) is 15.4 Å². The first kappa shape index (κ1) is 11.3. The minimum atomic E-state index is -0.130. The van der Waals surface area contributed by atoms with Crippen molar-refractivity contribution in [2.45, 2.75) is 32.4 Å². The third-order valence-corrected chi connectivity index (χ3v) is 3.25. The van der Waals surface area contributed by atoms with Crippen LogP contribution in [0.5, 0.6) is 0 Å². The Hall–Kier alpha value is -1.20. The molecule has 1 fully saturated rings. The molecule has 1 saturated heterocycles. The van der Waals surface area contributed by atoms with Gasteiger partial charge in [-0.2, -0.15) is 0 Å². The van der Waals surface area contributed by atoms with Crippen molar-refractivity contribution in [1.82, 2.24) is 15.7 Å². The van der Waals surface area contributed by atoms with Crippen LogP contribution in [-0.2, 0) is 0 Å². The normalized spacial score (nSPS) is 18.6. The van der Waals surface area contributed by atoms with Crippen LogP contribution in [0.2, 0.25) is 0 Å². The quantitative estimate of drug-likeness (QED) is 0.783. The number of rotatable bonds is 3. The Morgan fingerprint density at radius 3 is 2.62 bits per heavy atom. The van der Waals surface area contributed by atoms with Gasteiger partial charge >= 0.3 is 0 Å².